The normalized spacial score (nSPS) is 39.8. The van der Waals surface area contributed by atoms with E-state index in [2.05, 4.69) is 20.1 Å². The van der Waals surface area contributed by atoms with Gasteiger partial charge >= 0.3 is 0 Å². The van der Waals surface area contributed by atoms with Gasteiger partial charge in [-0.1, -0.05) is 0 Å². The number of amides is 1. The quantitative estimate of drug-likeness (QED) is 0.770. The number of carbonyl (C=O) groups excluding carboxylic acids is 1. The number of hydrogen-bond donors (Lipinski definition) is 2. The molecule has 0 aromatic carbocycles. The van der Waals surface area contributed by atoms with Gasteiger partial charge in [0.15, 0.2) is 0 Å². The molecule has 0 radical (unpaired) electrons. The molecular weight excluding hydrogens is 392 g/mol. The number of hydrogen-bond acceptors (Lipinski definition) is 5. The summed E-state index contributed by atoms with van der Waals surface area (Å²) in [4.78, 5) is 13.1. The highest BCUT2D eigenvalue weighted by Crippen LogP contribution is 2.62. The third kappa shape index (κ3) is 3.82. The molecule has 5 fully saturated rings. The largest absolute Gasteiger partial charge is 0.390 e. The predicted octanol–water partition coefficient (Wildman–Crippen LogP) is 2.71. The second kappa shape index (κ2) is 7.55. The van der Waals surface area contributed by atoms with E-state index in [1.165, 1.54) is 6.42 Å². The highest BCUT2D eigenvalue weighted by atomic mass is 16.5. The van der Waals surface area contributed by atoms with Crippen molar-refractivity contribution in [2.45, 2.75) is 101 Å². The number of nitrogens with zero attached hydrogens (tertiary/aromatic N) is 3. The molecule has 6 aliphatic rings. The van der Waals surface area contributed by atoms with Gasteiger partial charge < -0.3 is 19.7 Å². The Morgan fingerprint density at radius 2 is 1.87 bits per heavy atom. The number of nitrogens with one attached hydrogen (secondary N) is 1. The lowest BCUT2D eigenvalue weighted by Crippen LogP contribution is -2.56. The van der Waals surface area contributed by atoms with Crippen LogP contribution >= 0.6 is 0 Å². The van der Waals surface area contributed by atoms with E-state index < -0.39 is 5.60 Å². The monoisotopic (exact) mass is 428 g/mol. The summed E-state index contributed by atoms with van der Waals surface area (Å²) in [7, 11) is 0. The average molecular weight is 429 g/mol. The third-order valence-corrected chi connectivity index (χ3v) is 8.91. The van der Waals surface area contributed by atoms with Gasteiger partial charge in [0.25, 0.3) is 0 Å². The van der Waals surface area contributed by atoms with Gasteiger partial charge in [-0.05, 0) is 81.5 Å². The zero-order valence-corrected chi connectivity index (χ0v) is 18.5. The molecule has 7 rings (SSSR count). The fraction of sp³-hybridized carbons (Fsp3) is 0.875. The molecule has 170 valence electrons. The topological polar surface area (TPSA) is 89.3 Å². The Morgan fingerprint density at radius 1 is 1.10 bits per heavy atom. The maximum atomic E-state index is 13.1. The van der Waals surface area contributed by atoms with E-state index in [0.717, 1.165) is 95.6 Å². The molecule has 4 bridgehead atoms. The molecule has 0 spiro atoms. The number of rotatable bonds is 4. The molecule has 3 atom stereocenters. The van der Waals surface area contributed by atoms with Gasteiger partial charge in [-0.3, -0.25) is 4.79 Å². The molecule has 1 saturated heterocycles. The zero-order valence-electron chi connectivity index (χ0n) is 18.5. The molecule has 4 saturated carbocycles. The average Bonchev–Trinajstić information content (AvgIpc) is 3.01. The van der Waals surface area contributed by atoms with Crippen molar-refractivity contribution in [1.29, 1.82) is 0 Å². The molecule has 4 aliphatic carbocycles. The van der Waals surface area contributed by atoms with Crippen molar-refractivity contribution in [2.75, 3.05) is 13.2 Å². The molecule has 2 N–H and O–H groups in total. The highest BCUT2D eigenvalue weighted by Gasteiger charge is 2.57. The van der Waals surface area contributed by atoms with Crippen LogP contribution < -0.4 is 5.32 Å². The second-order valence-electron chi connectivity index (χ2n) is 11.5. The number of fused-ring (bicyclic) bond motifs is 1. The van der Waals surface area contributed by atoms with Crippen LogP contribution in [0.5, 0.6) is 0 Å². The molecule has 1 aromatic heterocycles. The van der Waals surface area contributed by atoms with Crippen LogP contribution in [-0.2, 0) is 22.5 Å². The van der Waals surface area contributed by atoms with E-state index in [0.29, 0.717) is 24.2 Å². The standard InChI is InChI=1S/C24H36N4O3/c29-21(14-23-10-16-9-17(11-23)13-24(30,12-16)15-23)25-19-1-2-20-26-27-22(28(20)6-3-19)18-4-7-31-8-5-18/h16-19,30H,1-15H2,(H,25,29). The molecule has 31 heavy (non-hydrogen) atoms. The molecule has 7 heteroatoms. The first-order valence-electron chi connectivity index (χ1n) is 12.5. The van der Waals surface area contributed by atoms with Crippen molar-refractivity contribution in [3.63, 3.8) is 0 Å². The fourth-order valence-electron chi connectivity index (χ4n) is 8.14. The smallest absolute Gasteiger partial charge is 0.220 e. The van der Waals surface area contributed by atoms with Crippen molar-refractivity contribution in [2.24, 2.45) is 17.3 Å². The summed E-state index contributed by atoms with van der Waals surface area (Å²) >= 11 is 0. The van der Waals surface area contributed by atoms with Gasteiger partial charge in [0.1, 0.15) is 11.6 Å². The Balaban J connectivity index is 1.08. The minimum atomic E-state index is -0.491. The number of aryl methyl sites for hydroxylation is 1. The first kappa shape index (κ1) is 20.2. The molecular formula is C24H36N4O3. The lowest BCUT2D eigenvalue weighted by Gasteiger charge is -2.60. The van der Waals surface area contributed by atoms with E-state index in [4.69, 9.17) is 4.74 Å². The van der Waals surface area contributed by atoms with Crippen molar-refractivity contribution in [3.8, 4) is 0 Å². The first-order chi connectivity index (χ1) is 15.0. The van der Waals surface area contributed by atoms with Crippen LogP contribution in [0.1, 0.15) is 88.2 Å². The zero-order chi connectivity index (χ0) is 21.1. The van der Waals surface area contributed by atoms with Crippen LogP contribution in [0.4, 0.5) is 0 Å². The minimum Gasteiger partial charge on any atom is -0.390 e. The minimum absolute atomic E-state index is 0.0423. The number of aliphatic hydroxyl groups is 1. The Kier molecular flexibility index (Phi) is 4.91. The lowest BCUT2D eigenvalue weighted by molar-refractivity contribution is -0.169. The van der Waals surface area contributed by atoms with Crippen LogP contribution in [0.3, 0.4) is 0 Å². The summed E-state index contributed by atoms with van der Waals surface area (Å²) in [6.45, 7) is 2.50. The van der Waals surface area contributed by atoms with Crippen molar-refractivity contribution < 1.29 is 14.6 Å². The molecule has 7 nitrogen and oxygen atoms in total. The van der Waals surface area contributed by atoms with Crippen molar-refractivity contribution >= 4 is 5.91 Å². The summed E-state index contributed by atoms with van der Waals surface area (Å²) in [6, 6.07) is 0.203. The Morgan fingerprint density at radius 3 is 2.61 bits per heavy atom. The van der Waals surface area contributed by atoms with E-state index in [9.17, 15) is 9.90 Å². The van der Waals surface area contributed by atoms with Crippen molar-refractivity contribution in [3.05, 3.63) is 11.6 Å². The van der Waals surface area contributed by atoms with Gasteiger partial charge in [-0.2, -0.15) is 0 Å². The number of ether oxygens (including phenoxy) is 1. The van der Waals surface area contributed by atoms with Gasteiger partial charge in [0.05, 0.1) is 5.60 Å². The van der Waals surface area contributed by atoms with Crippen LogP contribution in [0.25, 0.3) is 0 Å². The number of carbonyl (C=O) groups is 1. The summed E-state index contributed by atoms with van der Waals surface area (Å²) in [5.41, 5.74) is -0.448. The molecule has 3 heterocycles. The SMILES string of the molecule is O=C(CC12CC3CC(CC(O)(C3)C1)C2)NC1CCc2nnc(C3CCOCC3)n2CC1. The van der Waals surface area contributed by atoms with Gasteiger partial charge in [0, 0.05) is 44.6 Å². The summed E-state index contributed by atoms with van der Waals surface area (Å²) in [6.07, 6.45) is 11.7. The highest BCUT2D eigenvalue weighted by molar-refractivity contribution is 5.77. The Bertz CT molecular complexity index is 832. The van der Waals surface area contributed by atoms with Crippen LogP contribution in [0.15, 0.2) is 0 Å². The predicted molar refractivity (Wildman–Crippen MR) is 114 cm³/mol. The maximum Gasteiger partial charge on any atom is 0.220 e. The lowest BCUT2D eigenvalue weighted by atomic mass is 9.47. The van der Waals surface area contributed by atoms with E-state index >= 15 is 0 Å². The maximum absolute atomic E-state index is 13.1. The van der Waals surface area contributed by atoms with Crippen molar-refractivity contribution in [1.82, 2.24) is 20.1 Å². The summed E-state index contributed by atoms with van der Waals surface area (Å²) in [5, 5.41) is 23.4. The van der Waals surface area contributed by atoms with Gasteiger partial charge in [-0.25, -0.2) is 0 Å². The molecule has 1 amide bonds. The molecule has 2 aliphatic heterocycles. The second-order valence-corrected chi connectivity index (χ2v) is 11.5. The summed E-state index contributed by atoms with van der Waals surface area (Å²) in [5.74, 6) is 4.09. The first-order valence-corrected chi connectivity index (χ1v) is 12.5. The third-order valence-electron chi connectivity index (χ3n) is 8.91. The summed E-state index contributed by atoms with van der Waals surface area (Å²) < 4.78 is 7.83. The van der Waals surface area contributed by atoms with E-state index in [1.54, 1.807) is 0 Å². The number of aromatic nitrogens is 3. The van der Waals surface area contributed by atoms with E-state index in [1.807, 2.05) is 0 Å². The van der Waals surface area contributed by atoms with Crippen LogP contribution in [0, 0.1) is 17.3 Å². The Labute approximate surface area is 184 Å². The Hall–Kier alpha value is -1.47. The van der Waals surface area contributed by atoms with Crippen LogP contribution in [-0.4, -0.2) is 50.6 Å². The molecule has 3 unspecified atom stereocenters. The van der Waals surface area contributed by atoms with E-state index in [-0.39, 0.29) is 17.4 Å². The fourth-order valence-corrected chi connectivity index (χ4v) is 8.14. The molecule has 1 aromatic rings. The van der Waals surface area contributed by atoms with Gasteiger partial charge in [0.2, 0.25) is 5.91 Å². The van der Waals surface area contributed by atoms with Crippen LogP contribution in [0.2, 0.25) is 0 Å². The van der Waals surface area contributed by atoms with Gasteiger partial charge in [-0.15, -0.1) is 10.2 Å².